The average molecular weight is 226 g/mol. The summed E-state index contributed by atoms with van der Waals surface area (Å²) in [5.74, 6) is 0.953. The number of hydrogen-bond acceptors (Lipinski definition) is 2. The van der Waals surface area contributed by atoms with E-state index in [9.17, 15) is 0 Å². The van der Waals surface area contributed by atoms with Crippen molar-refractivity contribution in [2.24, 2.45) is 0 Å². The zero-order valence-corrected chi connectivity index (χ0v) is 8.46. The molecule has 2 rings (SSSR count). The Kier molecular flexibility index (Phi) is 1.65. The molecule has 0 saturated carbocycles. The van der Waals surface area contributed by atoms with E-state index in [4.69, 9.17) is 0 Å². The molecule has 0 aliphatic carbocycles. The third-order valence-electron chi connectivity index (χ3n) is 1.75. The van der Waals surface area contributed by atoms with Gasteiger partial charge in [-0.05, 0) is 29.8 Å². The molecule has 0 aromatic carbocycles. The van der Waals surface area contributed by atoms with Gasteiger partial charge in [0, 0.05) is 12.4 Å². The van der Waals surface area contributed by atoms with Crippen molar-refractivity contribution >= 4 is 21.6 Å². The summed E-state index contributed by atoms with van der Waals surface area (Å²) in [4.78, 5) is 8.55. The minimum Gasteiger partial charge on any atom is -0.287 e. The number of aromatic nitrogens is 3. The Morgan fingerprint density at radius 1 is 1.42 bits per heavy atom. The normalized spacial score (nSPS) is 10.9. The number of aryl methyl sites for hydroxylation is 2. The molecule has 0 fully saturated rings. The molecule has 12 heavy (non-hydrogen) atoms. The first kappa shape index (κ1) is 7.73. The van der Waals surface area contributed by atoms with Crippen LogP contribution >= 0.6 is 15.9 Å². The van der Waals surface area contributed by atoms with E-state index >= 15 is 0 Å². The second-order valence-electron chi connectivity index (χ2n) is 2.73. The highest BCUT2D eigenvalue weighted by Crippen LogP contribution is 2.16. The Hall–Kier alpha value is -0.900. The molecule has 3 nitrogen and oxygen atoms in total. The van der Waals surface area contributed by atoms with Crippen molar-refractivity contribution in [3.63, 3.8) is 0 Å². The first-order valence-electron chi connectivity index (χ1n) is 3.65. The summed E-state index contributed by atoms with van der Waals surface area (Å²) < 4.78 is 2.90. The summed E-state index contributed by atoms with van der Waals surface area (Å²) in [6, 6.07) is 0. The molecule has 2 heterocycles. The number of imidazole rings is 1. The Bertz CT molecular complexity index is 394. The van der Waals surface area contributed by atoms with Crippen LogP contribution in [-0.4, -0.2) is 14.4 Å². The van der Waals surface area contributed by atoms with Gasteiger partial charge >= 0.3 is 0 Å². The van der Waals surface area contributed by atoms with Crippen molar-refractivity contribution in [1.29, 1.82) is 0 Å². The van der Waals surface area contributed by atoms with E-state index in [0.29, 0.717) is 0 Å². The summed E-state index contributed by atoms with van der Waals surface area (Å²) in [5, 5.41) is 0. The molecule has 62 valence electrons. The second kappa shape index (κ2) is 2.55. The lowest BCUT2D eigenvalue weighted by Gasteiger charge is -1.98. The Labute approximate surface area is 78.6 Å². The highest BCUT2D eigenvalue weighted by atomic mass is 79.9. The van der Waals surface area contributed by atoms with Gasteiger partial charge < -0.3 is 0 Å². The molecule has 0 spiro atoms. The molecule has 0 N–H and O–H groups in total. The lowest BCUT2D eigenvalue weighted by atomic mass is 10.5. The van der Waals surface area contributed by atoms with Crippen LogP contribution in [0.5, 0.6) is 0 Å². The Morgan fingerprint density at radius 2 is 2.17 bits per heavy atom. The smallest absolute Gasteiger partial charge is 0.154 e. The van der Waals surface area contributed by atoms with Crippen LogP contribution in [0.3, 0.4) is 0 Å². The van der Waals surface area contributed by atoms with E-state index in [-0.39, 0.29) is 0 Å². The van der Waals surface area contributed by atoms with E-state index in [1.165, 1.54) is 0 Å². The highest BCUT2D eigenvalue weighted by Gasteiger charge is 2.04. The van der Waals surface area contributed by atoms with Gasteiger partial charge in [-0.3, -0.25) is 4.40 Å². The summed E-state index contributed by atoms with van der Waals surface area (Å²) in [6.07, 6.45) is 3.75. The summed E-state index contributed by atoms with van der Waals surface area (Å²) in [6.45, 7) is 3.93. The monoisotopic (exact) mass is 225 g/mol. The van der Waals surface area contributed by atoms with Gasteiger partial charge in [-0.15, -0.1) is 0 Å². The SMILES string of the molecule is Cc1cn2c(C)ncc(Br)c2n1. The maximum atomic E-state index is 4.35. The zero-order chi connectivity index (χ0) is 8.72. The quantitative estimate of drug-likeness (QED) is 0.688. The van der Waals surface area contributed by atoms with Crippen LogP contribution in [0.1, 0.15) is 11.5 Å². The standard InChI is InChI=1S/C8H8BrN3/c1-5-4-12-6(2)10-3-7(9)8(12)11-5/h3-4H,1-2H3. The predicted octanol–water partition coefficient (Wildman–Crippen LogP) is 2.11. The van der Waals surface area contributed by atoms with E-state index in [0.717, 1.165) is 21.6 Å². The van der Waals surface area contributed by atoms with Crippen LogP contribution in [0.15, 0.2) is 16.9 Å². The van der Waals surface area contributed by atoms with Crippen LogP contribution in [0, 0.1) is 13.8 Å². The molecular weight excluding hydrogens is 218 g/mol. The highest BCUT2D eigenvalue weighted by molar-refractivity contribution is 9.10. The fourth-order valence-corrected chi connectivity index (χ4v) is 1.57. The van der Waals surface area contributed by atoms with Gasteiger partial charge in [0.25, 0.3) is 0 Å². The maximum Gasteiger partial charge on any atom is 0.154 e. The van der Waals surface area contributed by atoms with E-state index in [1.54, 1.807) is 6.20 Å². The van der Waals surface area contributed by atoms with Gasteiger partial charge in [-0.2, -0.15) is 0 Å². The van der Waals surface area contributed by atoms with Gasteiger partial charge in [0.1, 0.15) is 5.82 Å². The Morgan fingerprint density at radius 3 is 2.83 bits per heavy atom. The van der Waals surface area contributed by atoms with Crippen LogP contribution in [-0.2, 0) is 0 Å². The molecule has 4 heteroatoms. The van der Waals surface area contributed by atoms with E-state index in [1.807, 2.05) is 24.4 Å². The number of halogens is 1. The predicted molar refractivity (Wildman–Crippen MR) is 50.2 cm³/mol. The van der Waals surface area contributed by atoms with Crippen LogP contribution in [0.25, 0.3) is 5.65 Å². The van der Waals surface area contributed by atoms with Crippen molar-refractivity contribution in [3.8, 4) is 0 Å². The molecule has 0 saturated heterocycles. The third kappa shape index (κ3) is 1.03. The summed E-state index contributed by atoms with van der Waals surface area (Å²) in [7, 11) is 0. The van der Waals surface area contributed by atoms with Crippen LogP contribution < -0.4 is 0 Å². The lowest BCUT2D eigenvalue weighted by molar-refractivity contribution is 0.981. The molecule has 0 aliphatic rings. The average Bonchev–Trinajstić information content (AvgIpc) is 2.41. The zero-order valence-electron chi connectivity index (χ0n) is 6.87. The maximum absolute atomic E-state index is 4.35. The van der Waals surface area contributed by atoms with Gasteiger partial charge in [0.15, 0.2) is 5.65 Å². The van der Waals surface area contributed by atoms with Gasteiger partial charge in [-0.25, -0.2) is 9.97 Å². The van der Waals surface area contributed by atoms with Crippen molar-refractivity contribution in [2.75, 3.05) is 0 Å². The minimum atomic E-state index is 0.931. The number of hydrogen-bond donors (Lipinski definition) is 0. The molecular formula is C8H8BrN3. The fourth-order valence-electron chi connectivity index (χ4n) is 1.18. The first-order valence-corrected chi connectivity index (χ1v) is 4.44. The van der Waals surface area contributed by atoms with Crippen LogP contribution in [0.2, 0.25) is 0 Å². The molecule has 2 aromatic rings. The summed E-state index contributed by atoms with van der Waals surface area (Å²) >= 11 is 3.40. The van der Waals surface area contributed by atoms with Crippen molar-refractivity contribution in [3.05, 3.63) is 28.4 Å². The topological polar surface area (TPSA) is 30.2 Å². The van der Waals surface area contributed by atoms with E-state index < -0.39 is 0 Å². The van der Waals surface area contributed by atoms with Gasteiger partial charge in [0.2, 0.25) is 0 Å². The van der Waals surface area contributed by atoms with Crippen LogP contribution in [0.4, 0.5) is 0 Å². The number of fused-ring (bicyclic) bond motifs is 1. The molecule has 0 aliphatic heterocycles. The second-order valence-corrected chi connectivity index (χ2v) is 3.58. The van der Waals surface area contributed by atoms with Gasteiger partial charge in [-0.1, -0.05) is 0 Å². The molecule has 0 radical (unpaired) electrons. The molecule has 0 atom stereocenters. The lowest BCUT2D eigenvalue weighted by Crippen LogP contribution is -1.93. The largest absolute Gasteiger partial charge is 0.287 e. The van der Waals surface area contributed by atoms with Crippen molar-refractivity contribution < 1.29 is 0 Å². The third-order valence-corrected chi connectivity index (χ3v) is 2.31. The minimum absolute atomic E-state index is 0.931. The summed E-state index contributed by atoms with van der Waals surface area (Å²) in [5.41, 5.74) is 1.94. The molecule has 0 amide bonds. The van der Waals surface area contributed by atoms with Crippen molar-refractivity contribution in [2.45, 2.75) is 13.8 Å². The van der Waals surface area contributed by atoms with Crippen molar-refractivity contribution in [1.82, 2.24) is 14.4 Å². The Balaban J connectivity index is 2.93. The molecule has 0 bridgehead atoms. The first-order chi connectivity index (χ1) is 5.68. The molecule has 0 unspecified atom stereocenters. The fraction of sp³-hybridized carbons (Fsp3) is 0.250. The number of nitrogens with zero attached hydrogens (tertiary/aromatic N) is 3. The number of rotatable bonds is 0. The van der Waals surface area contributed by atoms with E-state index in [2.05, 4.69) is 25.9 Å². The van der Waals surface area contributed by atoms with Gasteiger partial charge in [0.05, 0.1) is 10.2 Å². The molecule has 2 aromatic heterocycles.